The van der Waals surface area contributed by atoms with Crippen molar-refractivity contribution in [1.82, 2.24) is 10.0 Å². The molecule has 0 spiro atoms. The van der Waals surface area contributed by atoms with Crippen molar-refractivity contribution in [3.8, 4) is 0 Å². The fourth-order valence-electron chi connectivity index (χ4n) is 2.81. The van der Waals surface area contributed by atoms with Crippen LogP contribution in [0.5, 0.6) is 0 Å². The molecule has 2 atom stereocenters. The first-order chi connectivity index (χ1) is 8.98. The van der Waals surface area contributed by atoms with E-state index in [9.17, 15) is 4.79 Å². The third-order valence-corrected chi connectivity index (χ3v) is 7.73. The maximum absolute atomic E-state index is 12.2. The van der Waals surface area contributed by atoms with Crippen molar-refractivity contribution in [1.29, 1.82) is 0 Å². The van der Waals surface area contributed by atoms with Crippen LogP contribution >= 0.6 is 0 Å². The summed E-state index contributed by atoms with van der Waals surface area (Å²) in [4.78, 5) is 13.0. The molecule has 2 fully saturated rings. The molecule has 3 nitrogen and oxygen atoms in total. The Bertz CT molecular complexity index is 483. The zero-order valence-electron chi connectivity index (χ0n) is 11.7. The molecule has 0 bridgehead atoms. The van der Waals surface area contributed by atoms with Crippen LogP contribution in [0.1, 0.15) is 37.7 Å². The number of benzene rings is 1. The molecule has 0 aliphatic carbocycles. The quantitative estimate of drug-likeness (QED) is 0.740. The van der Waals surface area contributed by atoms with Crippen molar-refractivity contribution in [2.24, 2.45) is 5.41 Å². The van der Waals surface area contributed by atoms with Gasteiger partial charge < -0.3 is 0 Å². The molecule has 0 aromatic heterocycles. The number of fused-ring (bicyclic) bond motifs is 1. The Kier molecular flexibility index (Phi) is 3.20. The van der Waals surface area contributed by atoms with Crippen LogP contribution in [0.2, 0.25) is 0 Å². The second-order valence-corrected chi connectivity index (χ2v) is 8.71. The number of carbonyl (C=O) groups is 1. The second-order valence-electron chi connectivity index (χ2n) is 6.27. The van der Waals surface area contributed by atoms with E-state index in [1.54, 1.807) is 0 Å². The number of carbonyl (C=O) groups excluding carboxylic acids is 1. The molecule has 2 aliphatic heterocycles. The van der Waals surface area contributed by atoms with Gasteiger partial charge in [0.2, 0.25) is 0 Å². The first kappa shape index (κ1) is 13.2. The van der Waals surface area contributed by atoms with Crippen molar-refractivity contribution in [2.75, 3.05) is 6.54 Å². The van der Waals surface area contributed by atoms with Crippen molar-refractivity contribution in [2.45, 2.75) is 37.1 Å². The van der Waals surface area contributed by atoms with Gasteiger partial charge in [0.05, 0.1) is 0 Å². The summed E-state index contributed by atoms with van der Waals surface area (Å²) in [6.45, 7) is 7.75. The fourth-order valence-corrected chi connectivity index (χ4v) is 6.31. The molecular weight excluding hydrogens is 303 g/mol. The summed E-state index contributed by atoms with van der Waals surface area (Å²) < 4.78 is 0. The Morgan fingerprint density at radius 3 is 2.53 bits per heavy atom. The number of amides is 1. The number of hydrogen-bond donors (Lipinski definition) is 0. The number of nitrogens with zero attached hydrogens (tertiary/aromatic N) is 2. The summed E-state index contributed by atoms with van der Waals surface area (Å²) in [6, 6.07) is 10.5. The van der Waals surface area contributed by atoms with Crippen LogP contribution in [0.3, 0.4) is 0 Å². The van der Waals surface area contributed by atoms with Gasteiger partial charge in [-0.15, -0.1) is 0 Å². The molecule has 1 aromatic rings. The van der Waals surface area contributed by atoms with E-state index >= 15 is 0 Å². The first-order valence-electron chi connectivity index (χ1n) is 6.77. The van der Waals surface area contributed by atoms with Gasteiger partial charge in [0.1, 0.15) is 0 Å². The van der Waals surface area contributed by atoms with Crippen molar-refractivity contribution in [3.63, 3.8) is 0 Å². The van der Waals surface area contributed by atoms with Gasteiger partial charge in [0.25, 0.3) is 0 Å². The predicted octanol–water partition coefficient (Wildman–Crippen LogP) is 2.22. The molecule has 1 aromatic carbocycles. The van der Waals surface area contributed by atoms with Gasteiger partial charge in [-0.3, -0.25) is 0 Å². The Balaban J connectivity index is 1.96. The van der Waals surface area contributed by atoms with Gasteiger partial charge in [-0.1, -0.05) is 0 Å². The third-order valence-electron chi connectivity index (χ3n) is 3.66. The molecule has 4 heteroatoms. The molecule has 2 unspecified atom stereocenters. The van der Waals surface area contributed by atoms with Crippen LogP contribution in [0, 0.1) is 5.41 Å². The number of hydrazine groups is 1. The molecule has 19 heavy (non-hydrogen) atoms. The van der Waals surface area contributed by atoms with E-state index in [0.717, 1.165) is 6.54 Å². The van der Waals surface area contributed by atoms with Gasteiger partial charge in [-0.05, 0) is 0 Å². The SMILES string of the molecule is CC(C)(C)C1[Se]C(c2ccccc2)N2C(=O)CCN12. The van der Waals surface area contributed by atoms with Crippen LogP contribution in [-0.2, 0) is 4.79 Å². The molecule has 2 heterocycles. The summed E-state index contributed by atoms with van der Waals surface area (Å²) in [6.07, 6.45) is 0.673. The topological polar surface area (TPSA) is 23.6 Å². The molecule has 3 rings (SSSR count). The molecule has 0 radical (unpaired) electrons. The minimum absolute atomic E-state index is 0.229. The second kappa shape index (κ2) is 4.62. The van der Waals surface area contributed by atoms with Crippen LogP contribution in [0.25, 0.3) is 0 Å². The van der Waals surface area contributed by atoms with Crippen molar-refractivity contribution >= 4 is 20.9 Å². The van der Waals surface area contributed by atoms with E-state index in [1.165, 1.54) is 5.56 Å². The fraction of sp³-hybridized carbons (Fsp3) is 0.533. The van der Waals surface area contributed by atoms with E-state index in [0.29, 0.717) is 32.2 Å². The van der Waals surface area contributed by atoms with E-state index < -0.39 is 0 Å². The molecule has 1 amide bonds. The zero-order chi connectivity index (χ0) is 13.6. The van der Waals surface area contributed by atoms with Crippen LogP contribution in [0.15, 0.2) is 30.3 Å². The maximum atomic E-state index is 12.2. The monoisotopic (exact) mass is 324 g/mol. The number of hydrogen-bond acceptors (Lipinski definition) is 2. The Labute approximate surface area is 121 Å². The molecule has 102 valence electrons. The Hall–Kier alpha value is -0.831. The standard InChI is InChI=1S/C15H20N2OSe/c1-15(2,3)14-16-10-9-12(18)17(16)13(19-14)11-7-5-4-6-8-11/h4-8,13-14H,9-10H2,1-3H3. The molecule has 2 aliphatic rings. The average Bonchev–Trinajstić information content (AvgIpc) is 2.91. The summed E-state index contributed by atoms with van der Waals surface area (Å²) in [5, 5.41) is 4.38. The summed E-state index contributed by atoms with van der Waals surface area (Å²) in [7, 11) is 0. The first-order valence-corrected chi connectivity index (χ1v) is 8.75. The van der Waals surface area contributed by atoms with Gasteiger partial charge in [-0.25, -0.2) is 0 Å². The summed E-state index contributed by atoms with van der Waals surface area (Å²) >= 11 is 0.398. The predicted molar refractivity (Wildman–Crippen MR) is 76.3 cm³/mol. The van der Waals surface area contributed by atoms with Crippen LogP contribution in [-0.4, -0.2) is 42.4 Å². The van der Waals surface area contributed by atoms with Gasteiger partial charge >= 0.3 is 121 Å². The van der Waals surface area contributed by atoms with Crippen LogP contribution in [0.4, 0.5) is 0 Å². The molecule has 0 saturated carbocycles. The molecule has 2 saturated heterocycles. The van der Waals surface area contributed by atoms with Gasteiger partial charge in [0, 0.05) is 0 Å². The molecule has 0 N–H and O–H groups in total. The minimum atomic E-state index is 0.229. The summed E-state index contributed by atoms with van der Waals surface area (Å²) in [5.41, 5.74) is 1.52. The van der Waals surface area contributed by atoms with Crippen LogP contribution < -0.4 is 0 Å². The third kappa shape index (κ3) is 2.22. The zero-order valence-corrected chi connectivity index (χ0v) is 13.4. The van der Waals surface area contributed by atoms with E-state index in [1.807, 2.05) is 11.1 Å². The molecular formula is C15H20N2OSe. The number of rotatable bonds is 1. The van der Waals surface area contributed by atoms with Gasteiger partial charge in [0.15, 0.2) is 0 Å². The average molecular weight is 323 g/mol. The van der Waals surface area contributed by atoms with E-state index in [4.69, 9.17) is 0 Å². The van der Waals surface area contributed by atoms with E-state index in [-0.39, 0.29) is 10.4 Å². The normalized spacial score (nSPS) is 27.9. The van der Waals surface area contributed by atoms with Crippen molar-refractivity contribution in [3.05, 3.63) is 35.9 Å². The Morgan fingerprint density at radius 1 is 1.21 bits per heavy atom. The van der Waals surface area contributed by atoms with Crippen molar-refractivity contribution < 1.29 is 4.79 Å². The van der Waals surface area contributed by atoms with E-state index in [2.05, 4.69) is 50.0 Å². The Morgan fingerprint density at radius 2 is 1.89 bits per heavy atom. The van der Waals surface area contributed by atoms with Gasteiger partial charge in [-0.2, -0.15) is 0 Å². The summed E-state index contributed by atoms with van der Waals surface area (Å²) in [5.74, 6) is 0.294.